The van der Waals surface area contributed by atoms with Crippen LogP contribution in [0, 0.1) is 10.1 Å². The molecule has 1 aliphatic rings. The first kappa shape index (κ1) is 18.4. The number of imide groups is 1. The summed E-state index contributed by atoms with van der Waals surface area (Å²) in [6.45, 7) is 1.20. The summed E-state index contributed by atoms with van der Waals surface area (Å²) in [6.07, 6.45) is 0. The second-order valence-electron chi connectivity index (χ2n) is 5.78. The first-order valence-corrected chi connectivity index (χ1v) is 8.60. The Morgan fingerprint density at radius 1 is 1.15 bits per heavy atom. The van der Waals surface area contributed by atoms with Gasteiger partial charge in [0.2, 0.25) is 5.91 Å². The van der Waals surface area contributed by atoms with Crippen molar-refractivity contribution in [2.45, 2.75) is 13.5 Å². The molecule has 1 N–H and O–H groups in total. The summed E-state index contributed by atoms with van der Waals surface area (Å²) in [5.74, 6) is -2.02. The summed E-state index contributed by atoms with van der Waals surface area (Å²) in [7, 11) is 0. The van der Waals surface area contributed by atoms with Gasteiger partial charge in [0, 0.05) is 23.9 Å². The molecule has 3 amide bonds. The molecule has 0 spiro atoms. The predicted molar refractivity (Wildman–Crippen MR) is 94.6 cm³/mol. The van der Waals surface area contributed by atoms with Gasteiger partial charge in [0.05, 0.1) is 34.0 Å². The molecule has 0 saturated carbocycles. The maximum Gasteiger partial charge on any atom is 0.270 e. The van der Waals surface area contributed by atoms with Gasteiger partial charge >= 0.3 is 0 Å². The number of benzene rings is 1. The van der Waals surface area contributed by atoms with E-state index in [-0.39, 0.29) is 29.3 Å². The lowest BCUT2D eigenvalue weighted by atomic mass is 10.1. The van der Waals surface area contributed by atoms with Gasteiger partial charge in [-0.15, -0.1) is 11.3 Å². The lowest BCUT2D eigenvalue weighted by molar-refractivity contribution is -0.384. The summed E-state index contributed by atoms with van der Waals surface area (Å²) < 4.78 is 0. The number of hydrogen-bond acceptors (Lipinski definition) is 7. The van der Waals surface area contributed by atoms with Crippen molar-refractivity contribution in [3.63, 3.8) is 0 Å². The van der Waals surface area contributed by atoms with E-state index in [0.29, 0.717) is 4.88 Å². The number of rotatable bonds is 6. The minimum atomic E-state index is -0.734. The van der Waals surface area contributed by atoms with Crippen LogP contribution < -0.4 is 5.32 Å². The van der Waals surface area contributed by atoms with Crippen LogP contribution in [-0.4, -0.2) is 39.9 Å². The number of Topliss-reactive ketones (excluding diaryl/α,β-unsaturated/α-hetero) is 1. The van der Waals surface area contributed by atoms with Crippen LogP contribution in [0.25, 0.3) is 0 Å². The monoisotopic (exact) mass is 387 g/mol. The number of non-ortho nitro benzene ring substituents is 1. The maximum atomic E-state index is 12.4. The zero-order chi connectivity index (χ0) is 19.7. The van der Waals surface area contributed by atoms with Crippen molar-refractivity contribution in [3.8, 4) is 0 Å². The molecule has 0 unspecified atom stereocenters. The van der Waals surface area contributed by atoms with Crippen LogP contribution in [0.15, 0.2) is 30.3 Å². The molecule has 0 radical (unpaired) electrons. The van der Waals surface area contributed by atoms with Crippen LogP contribution in [0.3, 0.4) is 0 Å². The topological polar surface area (TPSA) is 127 Å². The fraction of sp³-hybridized carbons (Fsp3) is 0.176. The van der Waals surface area contributed by atoms with Crippen LogP contribution in [-0.2, 0) is 11.3 Å². The van der Waals surface area contributed by atoms with Gasteiger partial charge in [-0.2, -0.15) is 0 Å². The number of nitrogens with zero attached hydrogens (tertiary/aromatic N) is 2. The first-order chi connectivity index (χ1) is 12.8. The fourth-order valence-electron chi connectivity index (χ4n) is 2.59. The molecule has 0 atom stereocenters. The zero-order valence-corrected chi connectivity index (χ0v) is 14.9. The van der Waals surface area contributed by atoms with E-state index in [1.165, 1.54) is 13.0 Å². The largest absolute Gasteiger partial charge is 0.351 e. The molecule has 1 aromatic carbocycles. The van der Waals surface area contributed by atoms with Crippen LogP contribution in [0.5, 0.6) is 0 Å². The number of hydrogen-bond donors (Lipinski definition) is 1. The molecular weight excluding hydrogens is 374 g/mol. The molecule has 9 nitrogen and oxygen atoms in total. The third-order valence-corrected chi connectivity index (χ3v) is 5.04. The van der Waals surface area contributed by atoms with Gasteiger partial charge in [-0.1, -0.05) is 0 Å². The lowest BCUT2D eigenvalue weighted by Gasteiger charge is -2.11. The number of fused-ring (bicyclic) bond motifs is 1. The highest BCUT2D eigenvalue weighted by Gasteiger charge is 2.38. The average molecular weight is 387 g/mol. The first-order valence-electron chi connectivity index (χ1n) is 7.79. The van der Waals surface area contributed by atoms with Gasteiger partial charge in [0.15, 0.2) is 5.78 Å². The summed E-state index contributed by atoms with van der Waals surface area (Å²) >= 11 is 1.16. The van der Waals surface area contributed by atoms with E-state index >= 15 is 0 Å². The van der Waals surface area contributed by atoms with E-state index in [2.05, 4.69) is 5.32 Å². The van der Waals surface area contributed by atoms with E-state index < -0.39 is 29.1 Å². The van der Waals surface area contributed by atoms with Crippen LogP contribution in [0.1, 0.15) is 42.2 Å². The van der Waals surface area contributed by atoms with Crippen LogP contribution >= 0.6 is 11.3 Å². The van der Waals surface area contributed by atoms with Crippen molar-refractivity contribution >= 4 is 40.5 Å². The van der Waals surface area contributed by atoms with Gasteiger partial charge in [-0.25, -0.2) is 0 Å². The molecule has 1 aromatic heterocycles. The molecule has 2 aromatic rings. The molecule has 138 valence electrons. The highest BCUT2D eigenvalue weighted by atomic mass is 32.1. The zero-order valence-electron chi connectivity index (χ0n) is 14.1. The Balaban J connectivity index is 1.75. The van der Waals surface area contributed by atoms with Crippen LogP contribution in [0.4, 0.5) is 5.69 Å². The fourth-order valence-corrected chi connectivity index (χ4v) is 3.47. The van der Waals surface area contributed by atoms with Crippen LogP contribution in [0.2, 0.25) is 0 Å². The van der Waals surface area contributed by atoms with E-state index in [1.54, 1.807) is 12.1 Å². The van der Waals surface area contributed by atoms with Gasteiger partial charge in [0.25, 0.3) is 17.5 Å². The number of carbonyl (C=O) groups excluding carboxylic acids is 4. The Morgan fingerprint density at radius 2 is 1.85 bits per heavy atom. The number of ketones is 1. The molecule has 27 heavy (non-hydrogen) atoms. The Kier molecular flexibility index (Phi) is 4.82. The van der Waals surface area contributed by atoms with E-state index in [1.807, 2.05) is 0 Å². The predicted octanol–water partition coefficient (Wildman–Crippen LogP) is 1.77. The summed E-state index contributed by atoms with van der Waals surface area (Å²) in [5.41, 5.74) is -0.348. The van der Waals surface area contributed by atoms with Crippen molar-refractivity contribution in [1.29, 1.82) is 0 Å². The van der Waals surface area contributed by atoms with Crippen molar-refractivity contribution in [2.75, 3.05) is 6.54 Å². The second kappa shape index (κ2) is 7.08. The molecular formula is C17H13N3O6S. The molecule has 1 aliphatic heterocycles. The minimum absolute atomic E-state index is 0.0379. The van der Waals surface area contributed by atoms with E-state index in [0.717, 1.165) is 33.2 Å². The number of thiophene rings is 1. The molecule has 0 bridgehead atoms. The smallest absolute Gasteiger partial charge is 0.270 e. The van der Waals surface area contributed by atoms with Gasteiger partial charge in [-0.05, 0) is 18.2 Å². The molecule has 0 fully saturated rings. The van der Waals surface area contributed by atoms with Gasteiger partial charge < -0.3 is 5.32 Å². The Labute approximate surface area is 156 Å². The molecule has 2 heterocycles. The van der Waals surface area contributed by atoms with Crippen molar-refractivity contribution < 1.29 is 24.1 Å². The number of nitro groups is 1. The number of nitro benzene ring substituents is 1. The number of nitrogens with one attached hydrogen (secondary N) is 1. The third kappa shape index (κ3) is 3.60. The normalized spacial score (nSPS) is 12.9. The van der Waals surface area contributed by atoms with Gasteiger partial charge in [0.1, 0.15) is 0 Å². The Hall–Kier alpha value is -3.40. The van der Waals surface area contributed by atoms with E-state index in [9.17, 15) is 29.3 Å². The average Bonchev–Trinajstić information content (AvgIpc) is 3.19. The molecule has 10 heteroatoms. The SMILES string of the molecule is CC(=O)NCc1ccc(C(=O)CN2C(=O)c3ccc([N+](=O)[O-])cc3C2=O)s1. The highest BCUT2D eigenvalue weighted by molar-refractivity contribution is 7.14. The number of carbonyl (C=O) groups is 4. The van der Waals surface area contributed by atoms with Crippen molar-refractivity contribution in [2.24, 2.45) is 0 Å². The maximum absolute atomic E-state index is 12.4. The third-order valence-electron chi connectivity index (χ3n) is 3.91. The quantitative estimate of drug-likeness (QED) is 0.348. The minimum Gasteiger partial charge on any atom is -0.351 e. The summed E-state index contributed by atoms with van der Waals surface area (Å²) in [4.78, 5) is 60.2. The molecule has 0 aliphatic carbocycles. The highest BCUT2D eigenvalue weighted by Crippen LogP contribution is 2.27. The number of amides is 3. The van der Waals surface area contributed by atoms with Crippen molar-refractivity contribution in [1.82, 2.24) is 10.2 Å². The lowest BCUT2D eigenvalue weighted by Crippen LogP contribution is -2.34. The molecule has 0 saturated heterocycles. The summed E-state index contributed by atoms with van der Waals surface area (Å²) in [5, 5.41) is 13.5. The Bertz CT molecular complexity index is 996. The standard InChI is InChI=1S/C17H13N3O6S/c1-9(21)18-7-11-3-5-15(27-11)14(22)8-19-16(23)12-4-2-10(20(25)26)6-13(12)17(19)24/h2-6H,7-8H2,1H3,(H,18,21). The Morgan fingerprint density at radius 3 is 2.52 bits per heavy atom. The van der Waals surface area contributed by atoms with Gasteiger partial charge in [-0.3, -0.25) is 34.2 Å². The summed E-state index contributed by atoms with van der Waals surface area (Å²) in [6, 6.07) is 6.64. The molecule has 3 rings (SSSR count). The van der Waals surface area contributed by atoms with Crippen molar-refractivity contribution in [3.05, 3.63) is 61.3 Å². The van der Waals surface area contributed by atoms with E-state index in [4.69, 9.17) is 0 Å². The second-order valence-corrected chi connectivity index (χ2v) is 6.95.